The van der Waals surface area contributed by atoms with Gasteiger partial charge in [0.15, 0.2) is 0 Å². The number of nitrogens with zero attached hydrogens (tertiary/aromatic N) is 2. The van der Waals surface area contributed by atoms with Crippen LogP contribution in [0.15, 0.2) is 35.5 Å². The summed E-state index contributed by atoms with van der Waals surface area (Å²) in [4.78, 5) is 24.4. The first-order chi connectivity index (χ1) is 8.63. The molecule has 1 amide bonds. The summed E-state index contributed by atoms with van der Waals surface area (Å²) < 4.78 is 0. The zero-order chi connectivity index (χ0) is 13.1. The number of benzene rings is 1. The Morgan fingerprint density at radius 2 is 1.94 bits per heavy atom. The van der Waals surface area contributed by atoms with Crippen molar-refractivity contribution in [3.05, 3.63) is 40.8 Å². The molecular weight excluding hydrogens is 228 g/mol. The van der Waals surface area contributed by atoms with Gasteiger partial charge < -0.3 is 4.90 Å². The van der Waals surface area contributed by atoms with Crippen LogP contribution in [0, 0.1) is 10.8 Å². The van der Waals surface area contributed by atoms with Crippen molar-refractivity contribution >= 4 is 5.91 Å². The second-order valence-electron chi connectivity index (χ2n) is 4.94. The van der Waals surface area contributed by atoms with Gasteiger partial charge in [0.25, 0.3) is 0 Å². The van der Waals surface area contributed by atoms with Gasteiger partial charge in [-0.2, -0.15) is 4.91 Å². The first-order valence-corrected chi connectivity index (χ1v) is 6.30. The van der Waals surface area contributed by atoms with E-state index in [0.29, 0.717) is 13.0 Å². The molecule has 96 valence electrons. The topological polar surface area (TPSA) is 49.7 Å². The van der Waals surface area contributed by atoms with Gasteiger partial charge in [0.05, 0.1) is 12.1 Å². The van der Waals surface area contributed by atoms with E-state index >= 15 is 0 Å². The molecule has 1 saturated heterocycles. The Morgan fingerprint density at radius 3 is 2.56 bits per heavy atom. The van der Waals surface area contributed by atoms with E-state index in [1.54, 1.807) is 6.92 Å². The molecule has 1 heterocycles. The van der Waals surface area contributed by atoms with Gasteiger partial charge in [0.2, 0.25) is 5.91 Å². The lowest BCUT2D eigenvalue weighted by Gasteiger charge is -2.25. The van der Waals surface area contributed by atoms with Crippen molar-refractivity contribution in [3.63, 3.8) is 0 Å². The van der Waals surface area contributed by atoms with E-state index in [9.17, 15) is 9.70 Å². The monoisotopic (exact) mass is 246 g/mol. The summed E-state index contributed by atoms with van der Waals surface area (Å²) in [5.74, 6) is 0.174. The van der Waals surface area contributed by atoms with E-state index in [4.69, 9.17) is 0 Å². The third kappa shape index (κ3) is 2.42. The summed E-state index contributed by atoms with van der Waals surface area (Å²) in [6.07, 6.45) is 0.435. The smallest absolute Gasteiger partial charge is 0.223 e. The average molecular weight is 246 g/mol. The Balaban J connectivity index is 2.10. The fourth-order valence-electron chi connectivity index (χ4n) is 2.46. The van der Waals surface area contributed by atoms with Crippen molar-refractivity contribution in [2.75, 3.05) is 6.54 Å². The third-order valence-corrected chi connectivity index (χ3v) is 3.79. The molecule has 0 aromatic heterocycles. The van der Waals surface area contributed by atoms with Gasteiger partial charge in [0, 0.05) is 18.9 Å². The number of hydrogen-bond acceptors (Lipinski definition) is 3. The highest BCUT2D eigenvalue weighted by molar-refractivity contribution is 5.79. The van der Waals surface area contributed by atoms with Crippen LogP contribution in [0.2, 0.25) is 0 Å². The molecule has 0 bridgehead atoms. The second-order valence-corrected chi connectivity index (χ2v) is 4.94. The van der Waals surface area contributed by atoms with Crippen molar-refractivity contribution in [1.29, 1.82) is 0 Å². The maximum absolute atomic E-state index is 12.0. The highest BCUT2D eigenvalue weighted by atomic mass is 16.3. The summed E-state index contributed by atoms with van der Waals surface area (Å²) in [6.45, 7) is 4.43. The van der Waals surface area contributed by atoms with Crippen molar-refractivity contribution in [3.8, 4) is 0 Å². The van der Waals surface area contributed by atoms with E-state index in [1.165, 1.54) is 0 Å². The number of carbonyl (C=O) groups excluding carboxylic acids is 1. The van der Waals surface area contributed by atoms with Gasteiger partial charge in [-0.25, -0.2) is 0 Å². The molecule has 1 aromatic carbocycles. The average Bonchev–Trinajstić information content (AvgIpc) is 2.80. The van der Waals surface area contributed by atoms with E-state index in [1.807, 2.05) is 42.2 Å². The molecule has 1 aromatic rings. The summed E-state index contributed by atoms with van der Waals surface area (Å²) in [7, 11) is 0. The minimum atomic E-state index is -0.290. The summed E-state index contributed by atoms with van der Waals surface area (Å²) in [6, 6.07) is 9.71. The predicted molar refractivity (Wildman–Crippen MR) is 69.9 cm³/mol. The first kappa shape index (κ1) is 12.7. The normalized spacial score (nSPS) is 22.9. The van der Waals surface area contributed by atoms with Crippen LogP contribution < -0.4 is 0 Å². The number of amides is 1. The lowest BCUT2D eigenvalue weighted by Crippen LogP contribution is -2.29. The van der Waals surface area contributed by atoms with Crippen LogP contribution in [0.1, 0.15) is 31.9 Å². The standard InChI is InChI=1S/C14H18N2O2/c1-10(15-18)13-8-14(17)16(9-13)11(2)12-6-4-3-5-7-12/h3-7,10-11,13H,8-9H2,1-2H3/t10?,11-,13-/m0/s1. The Morgan fingerprint density at radius 1 is 1.28 bits per heavy atom. The number of likely N-dealkylation sites (tertiary alicyclic amines) is 1. The van der Waals surface area contributed by atoms with Crippen LogP contribution in [-0.4, -0.2) is 23.4 Å². The zero-order valence-corrected chi connectivity index (χ0v) is 10.7. The summed E-state index contributed by atoms with van der Waals surface area (Å²) in [5.41, 5.74) is 1.12. The van der Waals surface area contributed by atoms with Crippen LogP contribution in [0.25, 0.3) is 0 Å². The molecule has 3 atom stereocenters. The molecule has 1 unspecified atom stereocenters. The Kier molecular flexibility index (Phi) is 3.75. The van der Waals surface area contributed by atoms with Crippen LogP contribution in [0.3, 0.4) is 0 Å². The molecular formula is C14H18N2O2. The van der Waals surface area contributed by atoms with E-state index < -0.39 is 0 Å². The van der Waals surface area contributed by atoms with E-state index in [0.717, 1.165) is 5.56 Å². The van der Waals surface area contributed by atoms with E-state index in [-0.39, 0.29) is 23.9 Å². The first-order valence-electron chi connectivity index (χ1n) is 6.30. The molecule has 0 spiro atoms. The molecule has 18 heavy (non-hydrogen) atoms. The van der Waals surface area contributed by atoms with E-state index in [2.05, 4.69) is 5.18 Å². The maximum Gasteiger partial charge on any atom is 0.223 e. The molecule has 4 heteroatoms. The van der Waals surface area contributed by atoms with Crippen molar-refractivity contribution in [1.82, 2.24) is 4.90 Å². The van der Waals surface area contributed by atoms with Crippen LogP contribution >= 0.6 is 0 Å². The van der Waals surface area contributed by atoms with Gasteiger partial charge in [0.1, 0.15) is 0 Å². The van der Waals surface area contributed by atoms with Crippen LogP contribution in [0.4, 0.5) is 0 Å². The number of rotatable bonds is 4. The van der Waals surface area contributed by atoms with Gasteiger partial charge in [-0.3, -0.25) is 4.79 Å². The maximum atomic E-state index is 12.0. The molecule has 1 aliphatic heterocycles. The minimum absolute atomic E-state index is 0.0566. The van der Waals surface area contributed by atoms with Gasteiger partial charge in [-0.1, -0.05) is 35.5 Å². The molecule has 2 rings (SSSR count). The molecule has 4 nitrogen and oxygen atoms in total. The molecule has 1 fully saturated rings. The minimum Gasteiger partial charge on any atom is -0.336 e. The predicted octanol–water partition coefficient (Wildman–Crippen LogP) is 2.75. The third-order valence-electron chi connectivity index (χ3n) is 3.79. The molecule has 0 N–H and O–H groups in total. The van der Waals surface area contributed by atoms with Crippen LogP contribution in [0.5, 0.6) is 0 Å². The van der Waals surface area contributed by atoms with Gasteiger partial charge in [-0.05, 0) is 19.4 Å². The Bertz CT molecular complexity index is 433. The number of carbonyl (C=O) groups is 1. The second kappa shape index (κ2) is 5.29. The molecule has 0 radical (unpaired) electrons. The van der Waals surface area contributed by atoms with Gasteiger partial charge >= 0.3 is 0 Å². The van der Waals surface area contributed by atoms with Crippen LogP contribution in [-0.2, 0) is 4.79 Å². The largest absolute Gasteiger partial charge is 0.336 e. The van der Waals surface area contributed by atoms with Gasteiger partial charge in [-0.15, -0.1) is 0 Å². The summed E-state index contributed by atoms with van der Waals surface area (Å²) in [5, 5.41) is 3.04. The highest BCUT2D eigenvalue weighted by Gasteiger charge is 2.36. The van der Waals surface area contributed by atoms with Crippen molar-refractivity contribution < 1.29 is 4.79 Å². The molecule has 0 aliphatic carbocycles. The fourth-order valence-corrected chi connectivity index (χ4v) is 2.46. The summed E-state index contributed by atoms with van der Waals surface area (Å²) >= 11 is 0. The lowest BCUT2D eigenvalue weighted by molar-refractivity contribution is -0.129. The Labute approximate surface area is 107 Å². The Hall–Kier alpha value is -1.71. The molecule has 1 aliphatic rings. The quantitative estimate of drug-likeness (QED) is 0.767. The number of nitroso groups, excluding NO2 is 1. The molecule has 0 saturated carbocycles. The SMILES string of the molecule is CC(N=O)[C@H]1CC(=O)N([C@@H](C)c2ccccc2)C1. The van der Waals surface area contributed by atoms with Crippen molar-refractivity contribution in [2.24, 2.45) is 11.1 Å². The lowest BCUT2D eigenvalue weighted by atomic mass is 10.0. The highest BCUT2D eigenvalue weighted by Crippen LogP contribution is 2.30. The fraction of sp³-hybridized carbons (Fsp3) is 0.500. The van der Waals surface area contributed by atoms with Crippen molar-refractivity contribution in [2.45, 2.75) is 32.4 Å². The number of hydrogen-bond donors (Lipinski definition) is 0. The zero-order valence-electron chi connectivity index (χ0n) is 10.7.